The molecule has 154 valence electrons. The van der Waals surface area contributed by atoms with Gasteiger partial charge in [0.2, 0.25) is 0 Å². The molecule has 2 unspecified atom stereocenters. The van der Waals surface area contributed by atoms with Crippen LogP contribution in [0.25, 0.3) is 0 Å². The summed E-state index contributed by atoms with van der Waals surface area (Å²) in [5, 5.41) is 4.25. The van der Waals surface area contributed by atoms with Crippen LogP contribution in [0.2, 0.25) is 5.02 Å². The summed E-state index contributed by atoms with van der Waals surface area (Å²) in [5.41, 5.74) is 2.88. The third-order valence-corrected chi connectivity index (χ3v) is 6.86. The van der Waals surface area contributed by atoms with Gasteiger partial charge in [0, 0.05) is 50.0 Å². The highest BCUT2D eigenvalue weighted by Gasteiger charge is 2.54. The Morgan fingerprint density at radius 3 is 2.45 bits per heavy atom. The molecule has 0 bridgehead atoms. The van der Waals surface area contributed by atoms with Crippen molar-refractivity contribution in [3.8, 4) is 0 Å². The molecule has 2 atom stereocenters. The molecule has 29 heavy (non-hydrogen) atoms. The topological polar surface area (TPSA) is 27.7 Å². The second kappa shape index (κ2) is 8.13. The SMILES string of the molecule is Fc1cc(NCC2C3CN(Cc4ccc(Cl)cc4)CC23)ccc1N1CCOCC1. The van der Waals surface area contributed by atoms with Crippen LogP contribution in [0.1, 0.15) is 5.56 Å². The minimum Gasteiger partial charge on any atom is -0.385 e. The van der Waals surface area contributed by atoms with Crippen LogP contribution in [-0.2, 0) is 11.3 Å². The molecule has 2 aromatic carbocycles. The lowest BCUT2D eigenvalue weighted by atomic mass is 10.2. The number of morpholine rings is 1. The van der Waals surface area contributed by atoms with E-state index in [-0.39, 0.29) is 5.82 Å². The first-order valence-corrected chi connectivity index (χ1v) is 10.9. The molecule has 2 aliphatic heterocycles. The Labute approximate surface area is 176 Å². The van der Waals surface area contributed by atoms with E-state index in [1.165, 1.54) is 5.56 Å². The molecule has 1 N–H and O–H groups in total. The summed E-state index contributed by atoms with van der Waals surface area (Å²) in [6, 6.07) is 13.7. The normalized spacial score (nSPS) is 26.4. The molecular formula is C23H27ClFN3O. The molecule has 0 radical (unpaired) electrons. The Bertz CT molecular complexity index is 844. The molecule has 0 amide bonds. The molecule has 2 saturated heterocycles. The van der Waals surface area contributed by atoms with Crippen LogP contribution >= 0.6 is 11.6 Å². The molecule has 3 aliphatic rings. The first-order valence-electron chi connectivity index (χ1n) is 10.5. The van der Waals surface area contributed by atoms with E-state index >= 15 is 0 Å². The Balaban J connectivity index is 1.09. The van der Waals surface area contributed by atoms with Crippen molar-refractivity contribution in [1.29, 1.82) is 0 Å². The van der Waals surface area contributed by atoms with E-state index in [1.807, 2.05) is 24.3 Å². The zero-order chi connectivity index (χ0) is 19.8. The second-order valence-electron chi connectivity index (χ2n) is 8.46. The van der Waals surface area contributed by atoms with Crippen molar-refractivity contribution < 1.29 is 9.13 Å². The van der Waals surface area contributed by atoms with Crippen molar-refractivity contribution in [2.75, 3.05) is 56.2 Å². The van der Waals surface area contributed by atoms with Crippen LogP contribution in [0, 0.1) is 23.6 Å². The smallest absolute Gasteiger partial charge is 0.148 e. The average Bonchev–Trinajstić information content (AvgIpc) is 3.19. The first kappa shape index (κ1) is 19.2. The quantitative estimate of drug-likeness (QED) is 0.768. The zero-order valence-electron chi connectivity index (χ0n) is 16.5. The van der Waals surface area contributed by atoms with Crippen LogP contribution in [0.3, 0.4) is 0 Å². The fourth-order valence-electron chi connectivity index (χ4n) is 4.93. The number of benzene rings is 2. The largest absolute Gasteiger partial charge is 0.385 e. The van der Waals surface area contributed by atoms with Gasteiger partial charge < -0.3 is 15.0 Å². The van der Waals surface area contributed by atoms with Gasteiger partial charge in [-0.1, -0.05) is 23.7 Å². The van der Waals surface area contributed by atoms with E-state index in [1.54, 1.807) is 6.07 Å². The fourth-order valence-corrected chi connectivity index (χ4v) is 5.06. The summed E-state index contributed by atoms with van der Waals surface area (Å²) < 4.78 is 19.9. The lowest BCUT2D eigenvalue weighted by Gasteiger charge is -2.29. The third kappa shape index (κ3) is 4.23. The number of likely N-dealkylation sites (tertiary alicyclic amines) is 1. The molecule has 2 heterocycles. The van der Waals surface area contributed by atoms with Crippen LogP contribution in [0.4, 0.5) is 15.8 Å². The van der Waals surface area contributed by atoms with Crippen molar-refractivity contribution >= 4 is 23.0 Å². The van der Waals surface area contributed by atoms with Gasteiger partial charge in [0.05, 0.1) is 18.9 Å². The monoisotopic (exact) mass is 415 g/mol. The van der Waals surface area contributed by atoms with E-state index < -0.39 is 0 Å². The molecule has 6 heteroatoms. The lowest BCUT2D eigenvalue weighted by Crippen LogP contribution is -2.36. The Hall–Kier alpha value is -1.82. The van der Waals surface area contributed by atoms with Gasteiger partial charge in [-0.25, -0.2) is 4.39 Å². The van der Waals surface area contributed by atoms with Gasteiger partial charge in [0.25, 0.3) is 0 Å². The molecular weight excluding hydrogens is 389 g/mol. The van der Waals surface area contributed by atoms with Crippen molar-refractivity contribution in [3.63, 3.8) is 0 Å². The maximum absolute atomic E-state index is 14.6. The summed E-state index contributed by atoms with van der Waals surface area (Å²) in [7, 11) is 0. The lowest BCUT2D eigenvalue weighted by molar-refractivity contribution is 0.122. The van der Waals surface area contributed by atoms with Crippen LogP contribution in [0.5, 0.6) is 0 Å². The number of nitrogens with zero attached hydrogens (tertiary/aromatic N) is 2. The van der Waals surface area contributed by atoms with E-state index in [4.69, 9.17) is 16.3 Å². The minimum atomic E-state index is -0.151. The van der Waals surface area contributed by atoms with Gasteiger partial charge in [0.1, 0.15) is 5.82 Å². The van der Waals surface area contributed by atoms with Crippen molar-refractivity contribution in [1.82, 2.24) is 4.90 Å². The number of hydrogen-bond donors (Lipinski definition) is 1. The number of fused-ring (bicyclic) bond motifs is 1. The fraction of sp³-hybridized carbons (Fsp3) is 0.478. The van der Waals surface area contributed by atoms with E-state index in [0.717, 1.165) is 61.8 Å². The highest BCUT2D eigenvalue weighted by atomic mass is 35.5. The predicted octanol–water partition coefficient (Wildman–Crippen LogP) is 4.11. The Kier molecular flexibility index (Phi) is 5.37. The summed E-state index contributed by atoms with van der Waals surface area (Å²) in [6.45, 7) is 7.08. The molecule has 0 spiro atoms. The van der Waals surface area contributed by atoms with E-state index in [2.05, 4.69) is 27.2 Å². The van der Waals surface area contributed by atoms with Crippen LogP contribution in [-0.4, -0.2) is 50.8 Å². The molecule has 1 saturated carbocycles. The number of anilines is 2. The minimum absolute atomic E-state index is 0.151. The summed E-state index contributed by atoms with van der Waals surface area (Å²) in [5.74, 6) is 2.10. The number of halogens is 2. The van der Waals surface area contributed by atoms with Crippen molar-refractivity contribution in [2.24, 2.45) is 17.8 Å². The standard InChI is InChI=1S/C23H27ClFN3O/c24-17-3-1-16(2-4-17)13-27-14-20-19(21(20)15-27)12-26-18-5-6-23(22(25)11-18)28-7-9-29-10-8-28/h1-6,11,19-21,26H,7-10,12-15H2. The number of nitrogens with one attached hydrogen (secondary N) is 1. The Morgan fingerprint density at radius 2 is 1.76 bits per heavy atom. The summed E-state index contributed by atoms with van der Waals surface area (Å²) >= 11 is 5.97. The van der Waals surface area contributed by atoms with Crippen LogP contribution < -0.4 is 10.2 Å². The van der Waals surface area contributed by atoms with Gasteiger partial charge in [0.15, 0.2) is 0 Å². The van der Waals surface area contributed by atoms with E-state index in [0.29, 0.717) is 24.8 Å². The van der Waals surface area contributed by atoms with E-state index in [9.17, 15) is 4.39 Å². The number of rotatable bonds is 6. The maximum atomic E-state index is 14.6. The predicted molar refractivity (Wildman–Crippen MR) is 115 cm³/mol. The number of hydrogen-bond acceptors (Lipinski definition) is 4. The van der Waals surface area contributed by atoms with Gasteiger partial charge in [-0.2, -0.15) is 0 Å². The molecule has 0 aromatic heterocycles. The molecule has 1 aliphatic carbocycles. The van der Waals surface area contributed by atoms with Crippen molar-refractivity contribution in [3.05, 3.63) is 58.9 Å². The summed E-state index contributed by atoms with van der Waals surface area (Å²) in [4.78, 5) is 4.59. The Morgan fingerprint density at radius 1 is 1.03 bits per heavy atom. The average molecular weight is 416 g/mol. The second-order valence-corrected chi connectivity index (χ2v) is 8.90. The molecule has 3 fully saturated rings. The van der Waals surface area contributed by atoms with Gasteiger partial charge in [-0.3, -0.25) is 4.90 Å². The van der Waals surface area contributed by atoms with Crippen LogP contribution in [0.15, 0.2) is 42.5 Å². The highest BCUT2D eigenvalue weighted by molar-refractivity contribution is 6.30. The number of ether oxygens (including phenoxy) is 1. The molecule has 5 rings (SSSR count). The number of piperidine rings is 1. The molecule has 4 nitrogen and oxygen atoms in total. The summed E-state index contributed by atoms with van der Waals surface area (Å²) in [6.07, 6.45) is 0. The van der Waals surface area contributed by atoms with Gasteiger partial charge >= 0.3 is 0 Å². The third-order valence-electron chi connectivity index (χ3n) is 6.61. The van der Waals surface area contributed by atoms with Crippen molar-refractivity contribution in [2.45, 2.75) is 6.54 Å². The first-order chi connectivity index (χ1) is 14.2. The van der Waals surface area contributed by atoms with Gasteiger partial charge in [-0.15, -0.1) is 0 Å². The zero-order valence-corrected chi connectivity index (χ0v) is 17.2. The van der Waals surface area contributed by atoms with Gasteiger partial charge in [-0.05, 0) is 53.6 Å². The maximum Gasteiger partial charge on any atom is 0.148 e. The molecule has 2 aromatic rings. The highest BCUT2D eigenvalue weighted by Crippen LogP contribution is 2.51.